The number of fused-ring (bicyclic) bond motifs is 1. The molecule has 1 saturated carbocycles. The number of ether oxygens (including phenoxy) is 1. The van der Waals surface area contributed by atoms with Crippen molar-refractivity contribution in [3.05, 3.63) is 54.1 Å². The fraction of sp³-hybridized carbons (Fsp3) is 0.500. The highest BCUT2D eigenvalue weighted by Gasteiger charge is 2.26. The lowest BCUT2D eigenvalue weighted by molar-refractivity contribution is -0.122. The van der Waals surface area contributed by atoms with Crippen molar-refractivity contribution in [2.24, 2.45) is 16.6 Å². The molecule has 1 aliphatic heterocycles. The zero-order valence-corrected chi connectivity index (χ0v) is 22.7. The van der Waals surface area contributed by atoms with Gasteiger partial charge in [0, 0.05) is 37.3 Å². The number of hydrogen-bond donors (Lipinski definition) is 2. The molecule has 8 heteroatoms. The van der Waals surface area contributed by atoms with E-state index in [1.165, 1.54) is 25.7 Å². The summed E-state index contributed by atoms with van der Waals surface area (Å²) < 4.78 is 6.05. The van der Waals surface area contributed by atoms with E-state index in [-0.39, 0.29) is 24.4 Å². The van der Waals surface area contributed by atoms with Gasteiger partial charge in [-0.2, -0.15) is 0 Å². The van der Waals surface area contributed by atoms with Crippen LogP contribution in [0.2, 0.25) is 0 Å². The Morgan fingerprint density at radius 3 is 2.63 bits per heavy atom. The van der Waals surface area contributed by atoms with Crippen molar-refractivity contribution in [1.82, 2.24) is 10.2 Å². The molecule has 0 saturated heterocycles. The second-order valence-corrected chi connectivity index (χ2v) is 10.4. The number of guanidine groups is 1. The van der Waals surface area contributed by atoms with E-state index in [0.29, 0.717) is 37.2 Å². The first-order valence-corrected chi connectivity index (χ1v) is 13.9. The van der Waals surface area contributed by atoms with Crippen LogP contribution in [0.1, 0.15) is 63.9 Å². The molecule has 0 aromatic heterocycles. The maximum atomic E-state index is 12.7. The number of hydrogen-bond acceptors (Lipinski definition) is 6. The lowest BCUT2D eigenvalue weighted by Gasteiger charge is -2.29. The van der Waals surface area contributed by atoms with Crippen LogP contribution in [0.3, 0.4) is 0 Å². The third-order valence-electron chi connectivity index (χ3n) is 7.63. The van der Waals surface area contributed by atoms with E-state index >= 15 is 0 Å². The Labute approximate surface area is 226 Å². The topological polar surface area (TPSA) is 100 Å². The highest BCUT2D eigenvalue weighted by molar-refractivity contribution is 5.92. The molecule has 0 spiro atoms. The zero-order chi connectivity index (χ0) is 26.9. The van der Waals surface area contributed by atoms with E-state index < -0.39 is 0 Å². The number of nitrogens with two attached hydrogens (primary N) is 1. The number of para-hydroxylation sites is 2. The van der Waals surface area contributed by atoms with Gasteiger partial charge in [0.25, 0.3) is 0 Å². The summed E-state index contributed by atoms with van der Waals surface area (Å²) in [6.07, 6.45) is 7.95. The molecule has 1 aliphatic carbocycles. The van der Waals surface area contributed by atoms with Crippen molar-refractivity contribution in [3.8, 4) is 5.75 Å². The average Bonchev–Trinajstić information content (AvgIpc) is 3.46. The van der Waals surface area contributed by atoms with Gasteiger partial charge in [-0.3, -0.25) is 9.59 Å². The second-order valence-electron chi connectivity index (χ2n) is 10.4. The molecule has 204 valence electrons. The lowest BCUT2D eigenvalue weighted by atomic mass is 10.00. The summed E-state index contributed by atoms with van der Waals surface area (Å²) >= 11 is 0. The average molecular weight is 520 g/mol. The van der Waals surface area contributed by atoms with Gasteiger partial charge in [-0.05, 0) is 63.1 Å². The normalized spacial score (nSPS) is 15.9. The summed E-state index contributed by atoms with van der Waals surface area (Å²) in [6, 6.07) is 15.7. The predicted octanol–water partition coefficient (Wildman–Crippen LogP) is 4.75. The Kier molecular flexibility index (Phi) is 9.62. The second kappa shape index (κ2) is 13.3. The first kappa shape index (κ1) is 27.5. The molecular weight excluding hydrogens is 478 g/mol. The molecule has 38 heavy (non-hydrogen) atoms. The van der Waals surface area contributed by atoms with E-state index in [9.17, 15) is 9.59 Å². The van der Waals surface area contributed by atoms with Crippen LogP contribution in [0, 0.1) is 5.92 Å². The van der Waals surface area contributed by atoms with Crippen LogP contribution in [0.5, 0.6) is 5.75 Å². The number of carbonyl (C=O) groups excluding carboxylic acids is 2. The van der Waals surface area contributed by atoms with Crippen LogP contribution in [0.4, 0.5) is 11.4 Å². The van der Waals surface area contributed by atoms with Crippen LogP contribution in [0.25, 0.3) is 0 Å². The number of benzene rings is 2. The van der Waals surface area contributed by atoms with Gasteiger partial charge in [0.15, 0.2) is 5.96 Å². The minimum atomic E-state index is -0.0214. The quantitative estimate of drug-likeness (QED) is 0.395. The van der Waals surface area contributed by atoms with Gasteiger partial charge in [-0.1, -0.05) is 43.2 Å². The van der Waals surface area contributed by atoms with E-state index in [1.54, 1.807) is 4.90 Å². The molecule has 2 aliphatic rings. The lowest BCUT2D eigenvalue weighted by Crippen LogP contribution is -2.47. The number of anilines is 1. The number of amides is 2. The molecule has 0 radical (unpaired) electrons. The Hall–Kier alpha value is -3.55. The fourth-order valence-electron chi connectivity index (χ4n) is 5.30. The molecule has 2 amide bonds. The Morgan fingerprint density at radius 2 is 1.87 bits per heavy atom. The highest BCUT2D eigenvalue weighted by atomic mass is 16.5. The number of carbonyl (C=O) groups is 2. The maximum Gasteiger partial charge on any atom is 0.239 e. The monoisotopic (exact) mass is 519 g/mol. The molecule has 3 N–H and O–H groups in total. The third-order valence-corrected chi connectivity index (χ3v) is 7.63. The number of nitrogens with zero attached hydrogens (tertiary/aromatic N) is 3. The Morgan fingerprint density at radius 1 is 1.11 bits per heavy atom. The molecule has 4 rings (SSSR count). The smallest absolute Gasteiger partial charge is 0.239 e. The number of nitrogens with one attached hydrogen (secondary N) is 1. The van der Waals surface area contributed by atoms with Crippen molar-refractivity contribution in [1.29, 1.82) is 0 Å². The van der Waals surface area contributed by atoms with Crippen LogP contribution in [-0.2, 0) is 16.1 Å². The molecule has 0 bridgehead atoms. The molecule has 1 fully saturated rings. The Balaban J connectivity index is 1.21. The molecule has 1 atom stereocenters. The summed E-state index contributed by atoms with van der Waals surface area (Å²) in [5.74, 6) is 1.70. The summed E-state index contributed by atoms with van der Waals surface area (Å²) in [5, 5.41) is 3.15. The largest absolute Gasteiger partial charge is 0.491 e. The minimum Gasteiger partial charge on any atom is -0.491 e. The fourth-order valence-corrected chi connectivity index (χ4v) is 5.30. The van der Waals surface area contributed by atoms with E-state index in [2.05, 4.69) is 17.2 Å². The van der Waals surface area contributed by atoms with Gasteiger partial charge in [0.05, 0.1) is 13.2 Å². The van der Waals surface area contributed by atoms with Gasteiger partial charge in [0.2, 0.25) is 11.8 Å². The first-order chi connectivity index (χ1) is 18.4. The minimum absolute atomic E-state index is 0.0214. The summed E-state index contributed by atoms with van der Waals surface area (Å²) in [4.78, 5) is 33.2. The summed E-state index contributed by atoms with van der Waals surface area (Å²) in [7, 11) is 1.82. The standard InChI is InChI=1S/C30H41N5O3/c1-22(23-12-8-9-13-23)32-27(36)21-35-20-24-14-11-17-26(29(24)33-30(35)31)38-19-10-4-7-18-28(37)34(2)25-15-5-3-6-16-25/h3,5-6,11,14-17,22-23H,4,7-10,12-13,18-21H2,1-2H3,(H2,31,33)(H,32,36). The first-order valence-electron chi connectivity index (χ1n) is 13.9. The predicted molar refractivity (Wildman–Crippen MR) is 152 cm³/mol. The molecule has 8 nitrogen and oxygen atoms in total. The van der Waals surface area contributed by atoms with E-state index in [0.717, 1.165) is 36.2 Å². The van der Waals surface area contributed by atoms with Crippen LogP contribution < -0.4 is 20.7 Å². The number of aliphatic imine (C=N–C) groups is 1. The van der Waals surface area contributed by atoms with Crippen LogP contribution >= 0.6 is 0 Å². The molecular formula is C30H41N5O3. The van der Waals surface area contributed by atoms with Crippen molar-refractivity contribution < 1.29 is 14.3 Å². The zero-order valence-electron chi connectivity index (χ0n) is 22.7. The van der Waals surface area contributed by atoms with Crippen molar-refractivity contribution in [2.45, 2.75) is 70.9 Å². The highest BCUT2D eigenvalue weighted by Crippen LogP contribution is 2.35. The molecule has 1 unspecified atom stereocenters. The number of rotatable bonds is 12. The van der Waals surface area contributed by atoms with Crippen molar-refractivity contribution >= 4 is 29.1 Å². The molecule has 2 aromatic carbocycles. The summed E-state index contributed by atoms with van der Waals surface area (Å²) in [5.41, 5.74) is 8.89. The van der Waals surface area contributed by atoms with Gasteiger partial charge >= 0.3 is 0 Å². The van der Waals surface area contributed by atoms with E-state index in [1.807, 2.05) is 60.5 Å². The SMILES string of the molecule is CC(NC(=O)CN1Cc2cccc(OCCCCCC(=O)N(C)c3ccccc3)c2N=C1N)C1CCCC1. The molecule has 2 aromatic rings. The maximum absolute atomic E-state index is 12.7. The third kappa shape index (κ3) is 7.27. The molecule has 1 heterocycles. The van der Waals surface area contributed by atoms with Crippen LogP contribution in [0.15, 0.2) is 53.5 Å². The summed E-state index contributed by atoms with van der Waals surface area (Å²) in [6.45, 7) is 3.35. The van der Waals surface area contributed by atoms with Gasteiger partial charge in [-0.15, -0.1) is 0 Å². The number of unbranched alkanes of at least 4 members (excludes halogenated alkanes) is 2. The van der Waals surface area contributed by atoms with Crippen molar-refractivity contribution in [3.63, 3.8) is 0 Å². The van der Waals surface area contributed by atoms with E-state index in [4.69, 9.17) is 10.5 Å². The van der Waals surface area contributed by atoms with Gasteiger partial charge in [-0.25, -0.2) is 4.99 Å². The van der Waals surface area contributed by atoms with Crippen LogP contribution in [-0.4, -0.2) is 48.9 Å². The Bertz CT molecular complexity index is 1110. The van der Waals surface area contributed by atoms with Gasteiger partial charge in [0.1, 0.15) is 11.4 Å². The van der Waals surface area contributed by atoms with Crippen molar-refractivity contribution in [2.75, 3.05) is 25.1 Å². The van der Waals surface area contributed by atoms with Gasteiger partial charge < -0.3 is 25.6 Å².